The Kier molecular flexibility index (Phi) is 3.72. The van der Waals surface area contributed by atoms with Crippen molar-refractivity contribution in [2.24, 2.45) is 0 Å². The highest BCUT2D eigenvalue weighted by atomic mass is 16.2. The van der Waals surface area contributed by atoms with Gasteiger partial charge >= 0.3 is 0 Å². The molecule has 0 atom stereocenters. The second-order valence-corrected chi connectivity index (χ2v) is 4.13. The third kappa shape index (κ3) is 2.56. The first-order valence-electron chi connectivity index (χ1n) is 5.98. The molecule has 2 aromatic rings. The lowest BCUT2D eigenvalue weighted by Crippen LogP contribution is -2.26. The van der Waals surface area contributed by atoms with Crippen molar-refractivity contribution in [2.75, 3.05) is 13.6 Å². The molecule has 3 nitrogen and oxygen atoms in total. The van der Waals surface area contributed by atoms with Gasteiger partial charge in [0.25, 0.3) is 5.91 Å². The molecule has 2 rings (SSSR count). The summed E-state index contributed by atoms with van der Waals surface area (Å²) in [5, 5.41) is 0. The molecule has 0 saturated carbocycles. The Labute approximate surface area is 107 Å². The summed E-state index contributed by atoms with van der Waals surface area (Å²) in [5.74, 6) is 0.0544. The molecule has 1 aromatic heterocycles. The lowest BCUT2D eigenvalue weighted by atomic mass is 10.0. The Balaban J connectivity index is 2.23. The number of aromatic nitrogens is 1. The van der Waals surface area contributed by atoms with Gasteiger partial charge in [-0.15, -0.1) is 0 Å². The molecule has 92 valence electrons. The number of rotatable bonds is 3. The average molecular weight is 240 g/mol. The first-order chi connectivity index (χ1) is 8.72. The standard InChI is InChI=1S/C15H16N2O/c1-3-17(2)15(18)14-6-4-12(5-7-14)13-8-10-16-11-9-13/h4-11H,3H2,1-2H3. The van der Waals surface area contributed by atoms with Crippen LogP contribution in [0.4, 0.5) is 0 Å². The fraction of sp³-hybridized carbons (Fsp3) is 0.200. The Morgan fingerprint density at radius 1 is 1.06 bits per heavy atom. The summed E-state index contributed by atoms with van der Waals surface area (Å²) >= 11 is 0. The SMILES string of the molecule is CCN(C)C(=O)c1ccc(-c2ccncc2)cc1. The monoisotopic (exact) mass is 240 g/mol. The molecule has 0 unspecified atom stereocenters. The van der Waals surface area contributed by atoms with E-state index in [1.807, 2.05) is 43.3 Å². The molecule has 0 spiro atoms. The molecule has 0 bridgehead atoms. The predicted octanol–water partition coefficient (Wildman–Crippen LogP) is 2.84. The number of carbonyl (C=O) groups excluding carboxylic acids is 1. The number of amides is 1. The average Bonchev–Trinajstić information content (AvgIpc) is 2.47. The van der Waals surface area contributed by atoms with Crippen LogP contribution < -0.4 is 0 Å². The predicted molar refractivity (Wildman–Crippen MR) is 72.3 cm³/mol. The molecule has 1 aromatic carbocycles. The Morgan fingerprint density at radius 3 is 2.17 bits per heavy atom. The second-order valence-electron chi connectivity index (χ2n) is 4.13. The molecule has 1 heterocycles. The van der Waals surface area contributed by atoms with Gasteiger partial charge in [-0.25, -0.2) is 0 Å². The van der Waals surface area contributed by atoms with Crippen molar-refractivity contribution < 1.29 is 4.79 Å². The number of nitrogens with zero attached hydrogens (tertiary/aromatic N) is 2. The second kappa shape index (κ2) is 5.45. The first kappa shape index (κ1) is 12.3. The highest BCUT2D eigenvalue weighted by molar-refractivity contribution is 5.94. The van der Waals surface area contributed by atoms with Crippen molar-refractivity contribution in [1.82, 2.24) is 9.88 Å². The van der Waals surface area contributed by atoms with Crippen molar-refractivity contribution in [3.63, 3.8) is 0 Å². The van der Waals surface area contributed by atoms with Gasteiger partial charge in [0, 0.05) is 31.5 Å². The van der Waals surface area contributed by atoms with Crippen LogP contribution in [0.1, 0.15) is 17.3 Å². The van der Waals surface area contributed by atoms with E-state index in [1.165, 1.54) is 0 Å². The maximum absolute atomic E-state index is 11.9. The molecule has 0 saturated heterocycles. The van der Waals surface area contributed by atoms with Crippen LogP contribution >= 0.6 is 0 Å². The fourth-order valence-electron chi connectivity index (χ4n) is 1.71. The van der Waals surface area contributed by atoms with Gasteiger partial charge in [-0.05, 0) is 42.3 Å². The Morgan fingerprint density at radius 2 is 1.61 bits per heavy atom. The molecule has 0 aliphatic rings. The molecule has 0 aliphatic carbocycles. The molecule has 0 fully saturated rings. The Hall–Kier alpha value is -2.16. The van der Waals surface area contributed by atoms with Crippen LogP contribution in [0.2, 0.25) is 0 Å². The van der Waals surface area contributed by atoms with E-state index < -0.39 is 0 Å². The van der Waals surface area contributed by atoms with E-state index in [1.54, 1.807) is 24.3 Å². The van der Waals surface area contributed by atoms with Gasteiger partial charge in [-0.1, -0.05) is 12.1 Å². The van der Waals surface area contributed by atoms with Gasteiger partial charge in [-0.3, -0.25) is 9.78 Å². The van der Waals surface area contributed by atoms with Crippen LogP contribution in [0.5, 0.6) is 0 Å². The highest BCUT2D eigenvalue weighted by Crippen LogP contribution is 2.19. The Bertz CT molecular complexity index is 520. The van der Waals surface area contributed by atoms with Crippen LogP contribution in [-0.4, -0.2) is 29.4 Å². The van der Waals surface area contributed by atoms with Gasteiger partial charge in [-0.2, -0.15) is 0 Å². The zero-order valence-electron chi connectivity index (χ0n) is 10.6. The van der Waals surface area contributed by atoms with Crippen molar-refractivity contribution in [3.8, 4) is 11.1 Å². The lowest BCUT2D eigenvalue weighted by molar-refractivity contribution is 0.0802. The maximum atomic E-state index is 11.9. The highest BCUT2D eigenvalue weighted by Gasteiger charge is 2.09. The molecule has 18 heavy (non-hydrogen) atoms. The maximum Gasteiger partial charge on any atom is 0.253 e. The largest absolute Gasteiger partial charge is 0.342 e. The van der Waals surface area contributed by atoms with Crippen LogP contribution in [0.3, 0.4) is 0 Å². The minimum absolute atomic E-state index is 0.0544. The summed E-state index contributed by atoms with van der Waals surface area (Å²) in [6, 6.07) is 11.6. The van der Waals surface area contributed by atoms with Crippen LogP contribution in [-0.2, 0) is 0 Å². The fourth-order valence-corrected chi connectivity index (χ4v) is 1.71. The van der Waals surface area contributed by atoms with Crippen molar-refractivity contribution in [1.29, 1.82) is 0 Å². The molecule has 0 N–H and O–H groups in total. The van der Waals surface area contributed by atoms with Crippen molar-refractivity contribution in [3.05, 3.63) is 54.4 Å². The molecule has 0 radical (unpaired) electrons. The van der Waals surface area contributed by atoms with Gasteiger partial charge in [0.2, 0.25) is 0 Å². The van der Waals surface area contributed by atoms with Crippen molar-refractivity contribution >= 4 is 5.91 Å². The number of pyridine rings is 1. The summed E-state index contributed by atoms with van der Waals surface area (Å²) in [5.41, 5.74) is 2.91. The molecule has 0 aliphatic heterocycles. The van der Waals surface area contributed by atoms with E-state index in [0.29, 0.717) is 6.54 Å². The van der Waals surface area contributed by atoms with E-state index in [-0.39, 0.29) is 5.91 Å². The van der Waals surface area contributed by atoms with Crippen LogP contribution in [0.25, 0.3) is 11.1 Å². The van der Waals surface area contributed by atoms with Gasteiger partial charge in [0.05, 0.1) is 0 Å². The summed E-state index contributed by atoms with van der Waals surface area (Å²) in [6.45, 7) is 2.67. The zero-order chi connectivity index (χ0) is 13.0. The number of hydrogen-bond donors (Lipinski definition) is 0. The first-order valence-corrected chi connectivity index (χ1v) is 5.98. The summed E-state index contributed by atoms with van der Waals surface area (Å²) in [6.07, 6.45) is 3.53. The third-order valence-electron chi connectivity index (χ3n) is 2.97. The van der Waals surface area contributed by atoms with Crippen molar-refractivity contribution in [2.45, 2.75) is 6.92 Å². The topological polar surface area (TPSA) is 33.2 Å². The van der Waals surface area contributed by atoms with E-state index >= 15 is 0 Å². The number of benzene rings is 1. The van der Waals surface area contributed by atoms with E-state index in [2.05, 4.69) is 4.98 Å². The smallest absolute Gasteiger partial charge is 0.253 e. The van der Waals surface area contributed by atoms with E-state index in [4.69, 9.17) is 0 Å². The molecule has 1 amide bonds. The normalized spacial score (nSPS) is 10.1. The van der Waals surface area contributed by atoms with Gasteiger partial charge < -0.3 is 4.90 Å². The summed E-state index contributed by atoms with van der Waals surface area (Å²) in [4.78, 5) is 17.6. The summed E-state index contributed by atoms with van der Waals surface area (Å²) < 4.78 is 0. The minimum atomic E-state index is 0.0544. The summed E-state index contributed by atoms with van der Waals surface area (Å²) in [7, 11) is 1.80. The quantitative estimate of drug-likeness (QED) is 0.826. The van der Waals surface area contributed by atoms with Gasteiger partial charge in [0.15, 0.2) is 0 Å². The lowest BCUT2D eigenvalue weighted by Gasteiger charge is -2.14. The third-order valence-corrected chi connectivity index (χ3v) is 2.97. The number of carbonyl (C=O) groups is 1. The van der Waals surface area contributed by atoms with Gasteiger partial charge in [0.1, 0.15) is 0 Å². The number of hydrogen-bond acceptors (Lipinski definition) is 2. The minimum Gasteiger partial charge on any atom is -0.342 e. The zero-order valence-corrected chi connectivity index (χ0v) is 10.6. The molecular formula is C15H16N2O. The van der Waals surface area contributed by atoms with Crippen LogP contribution in [0.15, 0.2) is 48.8 Å². The molecular weight excluding hydrogens is 224 g/mol. The van der Waals surface area contributed by atoms with E-state index in [9.17, 15) is 4.79 Å². The molecule has 3 heteroatoms. The van der Waals surface area contributed by atoms with Crippen LogP contribution in [0, 0.1) is 0 Å². The van der Waals surface area contributed by atoms with E-state index in [0.717, 1.165) is 16.7 Å².